The van der Waals surface area contributed by atoms with Gasteiger partial charge < -0.3 is 9.84 Å². The highest BCUT2D eigenvalue weighted by atomic mass is 19.1. The molecular weight excluding hydrogens is 127 g/mol. The van der Waals surface area contributed by atoms with Crippen LogP contribution in [0.2, 0.25) is 0 Å². The molecule has 1 atom stereocenters. The molecule has 0 heterocycles. The van der Waals surface area contributed by atoms with E-state index in [9.17, 15) is 9.18 Å². The van der Waals surface area contributed by atoms with Gasteiger partial charge in [-0.2, -0.15) is 0 Å². The Morgan fingerprint density at radius 3 is 2.22 bits per heavy atom. The number of carboxylic acids is 1. The van der Waals surface area contributed by atoms with E-state index in [1.54, 1.807) is 13.8 Å². The van der Waals surface area contributed by atoms with Crippen molar-refractivity contribution >= 4 is 5.97 Å². The standard InChI is InChI=1S/C5H9FO3/c1-3(2)9-4(6)5(7)8/h3-4H,1-2H3,(H,7,8). The zero-order valence-corrected chi connectivity index (χ0v) is 5.30. The topological polar surface area (TPSA) is 46.5 Å². The molecule has 9 heavy (non-hydrogen) atoms. The van der Waals surface area contributed by atoms with E-state index in [0.717, 1.165) is 0 Å². The van der Waals surface area contributed by atoms with Gasteiger partial charge in [0.15, 0.2) is 0 Å². The first-order valence-corrected chi connectivity index (χ1v) is 2.56. The molecule has 1 unspecified atom stereocenters. The molecule has 0 aliphatic carbocycles. The molecule has 0 aromatic carbocycles. The highest BCUT2D eigenvalue weighted by molar-refractivity contribution is 5.70. The minimum atomic E-state index is -2.19. The van der Waals surface area contributed by atoms with Gasteiger partial charge in [-0.25, -0.2) is 9.18 Å². The second kappa shape index (κ2) is 3.40. The molecule has 0 bridgehead atoms. The molecule has 3 nitrogen and oxygen atoms in total. The Bertz CT molecular complexity index is 102. The lowest BCUT2D eigenvalue weighted by atomic mass is 10.5. The van der Waals surface area contributed by atoms with E-state index >= 15 is 0 Å². The predicted molar refractivity (Wildman–Crippen MR) is 28.8 cm³/mol. The van der Waals surface area contributed by atoms with Crippen LogP contribution >= 0.6 is 0 Å². The largest absolute Gasteiger partial charge is 0.477 e. The minimum absolute atomic E-state index is 0.393. The molecule has 0 saturated heterocycles. The van der Waals surface area contributed by atoms with Gasteiger partial charge in [-0.3, -0.25) is 0 Å². The number of carbonyl (C=O) groups is 1. The van der Waals surface area contributed by atoms with Crippen LogP contribution in [-0.2, 0) is 9.53 Å². The number of alkyl halides is 1. The summed E-state index contributed by atoms with van der Waals surface area (Å²) < 4.78 is 16.2. The molecular formula is C5H9FO3. The van der Waals surface area contributed by atoms with Crippen molar-refractivity contribution in [1.29, 1.82) is 0 Å². The van der Waals surface area contributed by atoms with Crippen molar-refractivity contribution in [2.45, 2.75) is 26.3 Å². The summed E-state index contributed by atoms with van der Waals surface area (Å²) in [7, 11) is 0. The number of ether oxygens (including phenoxy) is 1. The fourth-order valence-corrected chi connectivity index (χ4v) is 0.297. The van der Waals surface area contributed by atoms with Gasteiger partial charge in [-0.15, -0.1) is 0 Å². The Kier molecular flexibility index (Phi) is 3.16. The lowest BCUT2D eigenvalue weighted by molar-refractivity contribution is -0.167. The van der Waals surface area contributed by atoms with Gasteiger partial charge in [0.2, 0.25) is 0 Å². The summed E-state index contributed by atoms with van der Waals surface area (Å²) in [5, 5.41) is 7.93. The van der Waals surface area contributed by atoms with Crippen LogP contribution in [0.5, 0.6) is 0 Å². The van der Waals surface area contributed by atoms with Crippen LogP contribution in [0.4, 0.5) is 4.39 Å². The van der Waals surface area contributed by atoms with Gasteiger partial charge in [0, 0.05) is 0 Å². The third kappa shape index (κ3) is 3.90. The molecule has 0 radical (unpaired) electrons. The van der Waals surface area contributed by atoms with Crippen LogP contribution in [0.15, 0.2) is 0 Å². The van der Waals surface area contributed by atoms with Crippen molar-refractivity contribution in [2.75, 3.05) is 0 Å². The number of halogens is 1. The maximum Gasteiger partial charge on any atom is 0.366 e. The molecule has 1 N–H and O–H groups in total. The van der Waals surface area contributed by atoms with Crippen LogP contribution in [0.3, 0.4) is 0 Å². The SMILES string of the molecule is CC(C)OC(F)C(=O)O. The van der Waals surface area contributed by atoms with Crippen molar-refractivity contribution < 1.29 is 19.0 Å². The van der Waals surface area contributed by atoms with E-state index in [4.69, 9.17) is 5.11 Å². The van der Waals surface area contributed by atoms with Crippen LogP contribution in [0.1, 0.15) is 13.8 Å². The van der Waals surface area contributed by atoms with Gasteiger partial charge in [-0.05, 0) is 13.8 Å². The van der Waals surface area contributed by atoms with E-state index in [0.29, 0.717) is 0 Å². The average molecular weight is 136 g/mol. The van der Waals surface area contributed by atoms with Crippen molar-refractivity contribution in [1.82, 2.24) is 0 Å². The first-order valence-electron chi connectivity index (χ1n) is 2.56. The highest BCUT2D eigenvalue weighted by Crippen LogP contribution is 1.98. The normalized spacial score (nSPS) is 13.8. The van der Waals surface area contributed by atoms with Crippen LogP contribution in [0.25, 0.3) is 0 Å². The molecule has 0 aliphatic rings. The molecule has 0 aromatic heterocycles. The lowest BCUT2D eigenvalue weighted by Crippen LogP contribution is -2.21. The molecule has 54 valence electrons. The third-order valence-corrected chi connectivity index (χ3v) is 0.586. The van der Waals surface area contributed by atoms with Gasteiger partial charge in [0.05, 0.1) is 6.10 Å². The van der Waals surface area contributed by atoms with Gasteiger partial charge >= 0.3 is 5.97 Å². The summed E-state index contributed by atoms with van der Waals surface area (Å²) in [6.07, 6.45) is -2.58. The summed E-state index contributed by atoms with van der Waals surface area (Å²) in [5.74, 6) is -1.58. The van der Waals surface area contributed by atoms with Crippen LogP contribution < -0.4 is 0 Å². The van der Waals surface area contributed by atoms with Crippen molar-refractivity contribution in [3.05, 3.63) is 0 Å². The highest BCUT2D eigenvalue weighted by Gasteiger charge is 2.16. The monoisotopic (exact) mass is 136 g/mol. The summed E-state index contributed by atoms with van der Waals surface area (Å²) >= 11 is 0. The molecule has 0 saturated carbocycles. The molecule has 0 aromatic rings. The summed E-state index contributed by atoms with van der Waals surface area (Å²) in [4.78, 5) is 9.73. The Hall–Kier alpha value is -0.640. The summed E-state index contributed by atoms with van der Waals surface area (Å²) in [5.41, 5.74) is 0. The Labute approximate surface area is 52.4 Å². The Balaban J connectivity index is 3.50. The second-order valence-corrected chi connectivity index (χ2v) is 1.84. The van der Waals surface area contributed by atoms with Gasteiger partial charge in [0.25, 0.3) is 6.36 Å². The van der Waals surface area contributed by atoms with E-state index in [1.165, 1.54) is 0 Å². The van der Waals surface area contributed by atoms with E-state index in [2.05, 4.69) is 4.74 Å². The van der Waals surface area contributed by atoms with Crippen molar-refractivity contribution in [3.63, 3.8) is 0 Å². The fraction of sp³-hybridized carbons (Fsp3) is 0.800. The molecule has 4 heteroatoms. The van der Waals surface area contributed by atoms with Crippen molar-refractivity contribution in [2.24, 2.45) is 0 Å². The van der Waals surface area contributed by atoms with Gasteiger partial charge in [0.1, 0.15) is 0 Å². The number of hydrogen-bond acceptors (Lipinski definition) is 2. The number of rotatable bonds is 3. The number of carboxylic acid groups (broad SMARTS) is 1. The zero-order valence-electron chi connectivity index (χ0n) is 5.30. The molecule has 0 rings (SSSR count). The maximum absolute atomic E-state index is 12.0. The van der Waals surface area contributed by atoms with Crippen LogP contribution in [0, 0.1) is 0 Å². The quantitative estimate of drug-likeness (QED) is 0.624. The average Bonchev–Trinajstić information content (AvgIpc) is 1.63. The minimum Gasteiger partial charge on any atom is -0.477 e. The van der Waals surface area contributed by atoms with Crippen LogP contribution in [-0.4, -0.2) is 23.5 Å². The molecule has 0 amide bonds. The second-order valence-electron chi connectivity index (χ2n) is 1.84. The van der Waals surface area contributed by atoms with Crippen molar-refractivity contribution in [3.8, 4) is 0 Å². The first-order chi connectivity index (χ1) is 4.04. The van der Waals surface area contributed by atoms with E-state index < -0.39 is 18.4 Å². The molecule has 0 spiro atoms. The number of hydrogen-bond donors (Lipinski definition) is 1. The van der Waals surface area contributed by atoms with Gasteiger partial charge in [-0.1, -0.05) is 0 Å². The zero-order chi connectivity index (χ0) is 7.44. The summed E-state index contributed by atoms with van der Waals surface area (Å²) in [6, 6.07) is 0. The smallest absolute Gasteiger partial charge is 0.366 e. The van der Waals surface area contributed by atoms with E-state index in [1.807, 2.05) is 0 Å². The third-order valence-electron chi connectivity index (χ3n) is 0.586. The Morgan fingerprint density at radius 1 is 1.67 bits per heavy atom. The molecule has 0 fully saturated rings. The maximum atomic E-state index is 12.0. The summed E-state index contributed by atoms with van der Waals surface area (Å²) in [6.45, 7) is 3.13. The fourth-order valence-electron chi connectivity index (χ4n) is 0.297. The number of aliphatic carboxylic acids is 1. The molecule has 0 aliphatic heterocycles. The first kappa shape index (κ1) is 8.36. The predicted octanol–water partition coefficient (Wildman–Crippen LogP) is 0.792. The lowest BCUT2D eigenvalue weighted by Gasteiger charge is -2.07. The van der Waals surface area contributed by atoms with E-state index in [-0.39, 0.29) is 0 Å². The Morgan fingerprint density at radius 2 is 2.11 bits per heavy atom.